The topological polar surface area (TPSA) is 59.4 Å². The molecule has 0 aliphatic carbocycles. The number of carbonyl (C=O) groups excluding carboxylic acids is 1. The molecule has 5 heteroatoms. The molecule has 0 aromatic carbocycles. The lowest BCUT2D eigenvalue weighted by molar-refractivity contribution is 0.173. The van der Waals surface area contributed by atoms with E-state index in [2.05, 4.69) is 27.3 Å². The summed E-state index contributed by atoms with van der Waals surface area (Å²) in [5.74, 6) is 0. The first-order valence-electron chi connectivity index (χ1n) is 5.91. The Morgan fingerprint density at radius 1 is 1.06 bits per heavy atom. The van der Waals surface area contributed by atoms with Crippen molar-refractivity contribution in [3.8, 4) is 0 Å². The van der Waals surface area contributed by atoms with Crippen LogP contribution in [0.1, 0.15) is 40.0 Å². The number of hydrogen-bond donors (Lipinski definition) is 1. The van der Waals surface area contributed by atoms with Gasteiger partial charge >= 0.3 is 8.56 Å². The molecule has 0 radical (unpaired) electrons. The molecule has 0 saturated heterocycles. The summed E-state index contributed by atoms with van der Waals surface area (Å²) in [4.78, 5) is 8.35. The molecule has 0 fully saturated rings. The molecule has 16 heavy (non-hydrogen) atoms. The Balaban J connectivity index is 0. The summed E-state index contributed by atoms with van der Waals surface area (Å²) in [7, 11) is -1.79. The highest BCUT2D eigenvalue weighted by Gasteiger charge is 2.29. The van der Waals surface area contributed by atoms with Crippen molar-refractivity contribution in [3.05, 3.63) is 0 Å². The normalized spacial score (nSPS) is 10.2. The molecule has 0 aromatic rings. The summed E-state index contributed by atoms with van der Waals surface area (Å²) in [5.41, 5.74) is 0. The average Bonchev–Trinajstić information content (AvgIpc) is 2.25. The lowest BCUT2D eigenvalue weighted by Crippen LogP contribution is -2.39. The molecular formula is C11H25NO3Si. The molecule has 1 N–H and O–H groups in total. The van der Waals surface area contributed by atoms with Gasteiger partial charge in [-0.05, 0) is 25.4 Å². The second-order valence-electron chi connectivity index (χ2n) is 3.68. The van der Waals surface area contributed by atoms with Crippen LogP contribution in [0.5, 0.6) is 0 Å². The number of rotatable bonds is 8. The van der Waals surface area contributed by atoms with Gasteiger partial charge in [-0.3, -0.25) is 0 Å². The lowest BCUT2D eigenvalue weighted by atomic mass is 10.5. The summed E-state index contributed by atoms with van der Waals surface area (Å²) < 4.78 is 11.7. The van der Waals surface area contributed by atoms with E-state index in [-0.39, 0.29) is 0 Å². The van der Waals surface area contributed by atoms with Gasteiger partial charge in [0.1, 0.15) is 0 Å². The molecule has 0 aromatic heterocycles. The van der Waals surface area contributed by atoms with Gasteiger partial charge in [0.05, 0.1) is 0 Å². The van der Waals surface area contributed by atoms with Crippen LogP contribution in [0.2, 0.25) is 12.6 Å². The third-order valence-electron chi connectivity index (χ3n) is 1.93. The molecule has 0 unspecified atom stereocenters. The second-order valence-corrected chi connectivity index (χ2v) is 7.03. The maximum atomic E-state index is 8.35. The Morgan fingerprint density at radius 3 is 1.69 bits per heavy atom. The van der Waals surface area contributed by atoms with E-state index >= 15 is 0 Å². The summed E-state index contributed by atoms with van der Waals surface area (Å²) in [6.45, 7) is 10.4. The highest BCUT2D eigenvalue weighted by atomic mass is 28.4. The van der Waals surface area contributed by atoms with Crippen molar-refractivity contribution < 1.29 is 13.6 Å². The zero-order valence-corrected chi connectivity index (χ0v) is 12.0. The van der Waals surface area contributed by atoms with Gasteiger partial charge in [-0.2, -0.15) is 0 Å². The monoisotopic (exact) mass is 247 g/mol. The van der Waals surface area contributed by atoms with Crippen LogP contribution in [0, 0.1) is 5.41 Å². The van der Waals surface area contributed by atoms with Crippen molar-refractivity contribution in [2.75, 3.05) is 13.2 Å². The minimum Gasteiger partial charge on any atom is -0.394 e. The van der Waals surface area contributed by atoms with Crippen LogP contribution in [0.3, 0.4) is 0 Å². The van der Waals surface area contributed by atoms with E-state index in [1.165, 1.54) is 0 Å². The summed E-state index contributed by atoms with van der Waals surface area (Å²) in [5, 5.41) is 5.40. The van der Waals surface area contributed by atoms with Crippen LogP contribution in [-0.4, -0.2) is 27.9 Å². The molecule has 0 atom stereocenters. The van der Waals surface area contributed by atoms with Gasteiger partial charge in [-0.1, -0.05) is 27.2 Å². The number of nitrogens with one attached hydrogen (secondary N) is 1. The SMILES string of the molecule is CCCO[Si](C)(CCC)OCCC.N=C=O. The Hall–Kier alpha value is -0.483. The van der Waals surface area contributed by atoms with Gasteiger partial charge < -0.3 is 8.85 Å². The smallest absolute Gasteiger partial charge is 0.334 e. The van der Waals surface area contributed by atoms with E-state index in [1.54, 1.807) is 0 Å². The van der Waals surface area contributed by atoms with Crippen LogP contribution in [-0.2, 0) is 13.6 Å². The molecule has 0 heterocycles. The number of isocyanates is 1. The Labute approximate surface area is 100 Å². The van der Waals surface area contributed by atoms with E-state index < -0.39 is 8.56 Å². The molecule has 0 rings (SSSR count). The largest absolute Gasteiger partial charge is 0.394 e. The van der Waals surface area contributed by atoms with Crippen molar-refractivity contribution in [1.29, 1.82) is 5.41 Å². The second kappa shape index (κ2) is 12.6. The van der Waals surface area contributed by atoms with E-state index in [4.69, 9.17) is 19.1 Å². The molecule has 4 nitrogen and oxygen atoms in total. The predicted octanol–water partition coefficient (Wildman–Crippen LogP) is 3.22. The van der Waals surface area contributed by atoms with Crippen molar-refractivity contribution >= 4 is 14.6 Å². The highest BCUT2D eigenvalue weighted by molar-refractivity contribution is 6.66. The fraction of sp³-hybridized carbons (Fsp3) is 0.909. The third kappa shape index (κ3) is 11.6. The van der Waals surface area contributed by atoms with Crippen LogP contribution < -0.4 is 0 Å². The van der Waals surface area contributed by atoms with E-state index in [9.17, 15) is 0 Å². The van der Waals surface area contributed by atoms with Gasteiger partial charge in [-0.25, -0.2) is 10.2 Å². The Bertz CT molecular complexity index is 174. The Morgan fingerprint density at radius 2 is 1.44 bits per heavy atom. The number of hydrogen-bond acceptors (Lipinski definition) is 4. The van der Waals surface area contributed by atoms with Crippen LogP contribution in [0.4, 0.5) is 0 Å². The molecule has 0 bridgehead atoms. The maximum Gasteiger partial charge on any atom is 0.334 e. The van der Waals surface area contributed by atoms with Crippen molar-refractivity contribution in [3.63, 3.8) is 0 Å². The van der Waals surface area contributed by atoms with E-state index in [0.717, 1.165) is 44.6 Å². The zero-order chi connectivity index (χ0) is 12.9. The highest BCUT2D eigenvalue weighted by Crippen LogP contribution is 2.16. The first-order chi connectivity index (χ1) is 7.60. The summed E-state index contributed by atoms with van der Waals surface area (Å²) in [6, 6.07) is 1.12. The molecule has 0 amide bonds. The maximum absolute atomic E-state index is 8.35. The minimum absolute atomic E-state index is 0.750. The van der Waals surface area contributed by atoms with Gasteiger partial charge in [0, 0.05) is 13.2 Å². The van der Waals surface area contributed by atoms with Crippen molar-refractivity contribution in [1.82, 2.24) is 0 Å². The predicted molar refractivity (Wildman–Crippen MR) is 67.6 cm³/mol. The average molecular weight is 247 g/mol. The molecular weight excluding hydrogens is 222 g/mol. The third-order valence-corrected chi connectivity index (χ3v) is 4.96. The molecule has 0 aliphatic rings. The van der Waals surface area contributed by atoms with Gasteiger partial charge in [0.15, 0.2) is 0 Å². The van der Waals surface area contributed by atoms with E-state index in [0.29, 0.717) is 0 Å². The lowest BCUT2D eigenvalue weighted by Gasteiger charge is -2.26. The standard InChI is InChI=1S/C10H24O2Si.CHNO/c1-5-8-11-13(4,10-7-3)12-9-6-2;2-1-3/h5-10H2,1-4H3;2H. The summed E-state index contributed by atoms with van der Waals surface area (Å²) >= 11 is 0. The Kier molecular flexibility index (Phi) is 14.1. The fourth-order valence-corrected chi connectivity index (χ4v) is 3.83. The molecule has 0 aliphatic heterocycles. The van der Waals surface area contributed by atoms with Crippen molar-refractivity contribution in [2.45, 2.75) is 52.6 Å². The molecule has 0 saturated carbocycles. The van der Waals surface area contributed by atoms with Gasteiger partial charge in [-0.15, -0.1) is 0 Å². The van der Waals surface area contributed by atoms with Crippen LogP contribution in [0.15, 0.2) is 0 Å². The van der Waals surface area contributed by atoms with Gasteiger partial charge in [0.25, 0.3) is 0 Å². The van der Waals surface area contributed by atoms with Crippen LogP contribution >= 0.6 is 0 Å². The van der Waals surface area contributed by atoms with Gasteiger partial charge in [0.2, 0.25) is 6.08 Å². The minimum atomic E-state index is -1.79. The molecule has 0 spiro atoms. The van der Waals surface area contributed by atoms with E-state index in [1.807, 2.05) is 0 Å². The first-order valence-corrected chi connectivity index (χ1v) is 8.44. The molecule has 96 valence electrons. The summed E-state index contributed by atoms with van der Waals surface area (Å²) in [6.07, 6.45) is 4.08. The first kappa shape index (κ1) is 17.9. The van der Waals surface area contributed by atoms with Crippen molar-refractivity contribution in [2.24, 2.45) is 0 Å². The fourth-order valence-electron chi connectivity index (χ4n) is 1.28. The quantitative estimate of drug-likeness (QED) is 0.407. The zero-order valence-electron chi connectivity index (χ0n) is 11.0. The van der Waals surface area contributed by atoms with Crippen LogP contribution in [0.25, 0.3) is 0 Å².